The normalized spacial score (nSPS) is 11.9. The Morgan fingerprint density at radius 1 is 1.26 bits per heavy atom. The molecular formula is C17H21F4IN4S. The number of nitrogens with zero attached hydrogens (tertiary/aromatic N) is 2. The number of benzene rings is 1. The lowest BCUT2D eigenvalue weighted by molar-refractivity contribution is -0.140. The molecule has 0 fully saturated rings. The molecule has 1 aromatic carbocycles. The second kappa shape index (κ2) is 10.8. The molecule has 0 atom stereocenters. The van der Waals surface area contributed by atoms with Crippen molar-refractivity contribution in [3.8, 4) is 0 Å². The molecule has 0 saturated heterocycles. The first kappa shape index (κ1) is 23.6. The first-order valence-corrected chi connectivity index (χ1v) is 8.96. The van der Waals surface area contributed by atoms with Crippen LogP contribution in [0.4, 0.5) is 17.6 Å². The summed E-state index contributed by atoms with van der Waals surface area (Å²) in [6.07, 6.45) is -4.05. The van der Waals surface area contributed by atoms with Gasteiger partial charge in [-0.3, -0.25) is 0 Å². The summed E-state index contributed by atoms with van der Waals surface area (Å²) in [6, 6.07) is 4.81. The molecule has 1 aromatic heterocycles. The number of aliphatic imine (C=N–C) groups is 1. The maximum absolute atomic E-state index is 13.3. The Hall–Kier alpha value is -1.43. The second-order valence-electron chi connectivity index (χ2n) is 5.58. The van der Waals surface area contributed by atoms with E-state index >= 15 is 0 Å². The van der Waals surface area contributed by atoms with Crippen LogP contribution in [0, 0.1) is 12.7 Å². The molecule has 0 bridgehead atoms. The third-order valence-electron chi connectivity index (χ3n) is 3.46. The molecule has 10 heteroatoms. The predicted molar refractivity (Wildman–Crippen MR) is 110 cm³/mol. The fourth-order valence-corrected chi connectivity index (χ4v) is 2.97. The predicted octanol–water partition coefficient (Wildman–Crippen LogP) is 4.53. The van der Waals surface area contributed by atoms with Gasteiger partial charge in [0.05, 0.1) is 11.6 Å². The number of rotatable bonds is 6. The molecule has 0 unspecified atom stereocenters. The number of guanidine groups is 1. The van der Waals surface area contributed by atoms with Crippen molar-refractivity contribution in [2.24, 2.45) is 4.99 Å². The number of halogens is 5. The summed E-state index contributed by atoms with van der Waals surface area (Å²) >= 11 is 0.988. The van der Waals surface area contributed by atoms with Crippen molar-refractivity contribution in [3.05, 3.63) is 51.2 Å². The van der Waals surface area contributed by atoms with Gasteiger partial charge in [-0.1, -0.05) is 12.1 Å². The van der Waals surface area contributed by atoms with Crippen LogP contribution in [-0.2, 0) is 19.1 Å². The van der Waals surface area contributed by atoms with Crippen LogP contribution in [-0.4, -0.2) is 24.0 Å². The fraction of sp³-hybridized carbons (Fsp3) is 0.412. The molecule has 2 aromatic rings. The highest BCUT2D eigenvalue weighted by Gasteiger charge is 2.33. The number of aryl methyl sites for hydroxylation is 1. The highest BCUT2D eigenvalue weighted by molar-refractivity contribution is 14.0. The topological polar surface area (TPSA) is 49.3 Å². The summed E-state index contributed by atoms with van der Waals surface area (Å²) in [5.41, 5.74) is 0.570. The van der Waals surface area contributed by atoms with Gasteiger partial charge in [0, 0.05) is 24.9 Å². The molecule has 0 aliphatic carbocycles. The summed E-state index contributed by atoms with van der Waals surface area (Å²) in [5.74, 6) is 0.284. The van der Waals surface area contributed by atoms with Gasteiger partial charge in [0.2, 0.25) is 0 Å². The molecule has 0 aliphatic heterocycles. The summed E-state index contributed by atoms with van der Waals surface area (Å²) in [6.45, 7) is 5.01. The van der Waals surface area contributed by atoms with Crippen LogP contribution in [0.15, 0.2) is 28.6 Å². The summed E-state index contributed by atoms with van der Waals surface area (Å²) in [7, 11) is 0. The lowest BCUT2D eigenvalue weighted by atomic mass is 10.1. The van der Waals surface area contributed by atoms with E-state index in [-0.39, 0.29) is 29.8 Å². The quantitative estimate of drug-likeness (QED) is 0.257. The highest BCUT2D eigenvalue weighted by Crippen LogP contribution is 2.29. The molecule has 0 aliphatic rings. The standard InChI is InChI=1S/C17H20F4N4S.HI/c1-3-22-16(24-9-12-4-5-13(18)11(2)8-12)23-7-6-15-25-14(10-26-15)17(19,20)21;/h4-5,8,10H,3,6-7,9H2,1-2H3,(H2,22,23,24);1H. The number of thiazole rings is 1. The van der Waals surface area contributed by atoms with Crippen LogP contribution in [0.25, 0.3) is 0 Å². The molecule has 4 nitrogen and oxygen atoms in total. The van der Waals surface area contributed by atoms with Crippen LogP contribution in [0.5, 0.6) is 0 Å². The van der Waals surface area contributed by atoms with E-state index in [0.29, 0.717) is 42.6 Å². The Morgan fingerprint density at radius 3 is 2.59 bits per heavy atom. The van der Waals surface area contributed by atoms with Crippen molar-refractivity contribution in [2.75, 3.05) is 13.1 Å². The van der Waals surface area contributed by atoms with E-state index in [2.05, 4.69) is 20.6 Å². The number of hydrogen-bond donors (Lipinski definition) is 2. The monoisotopic (exact) mass is 516 g/mol. The lowest BCUT2D eigenvalue weighted by Gasteiger charge is -2.11. The minimum absolute atomic E-state index is 0. The molecule has 150 valence electrons. The average Bonchev–Trinajstić information content (AvgIpc) is 3.05. The maximum atomic E-state index is 13.3. The Balaban J connectivity index is 0.00000364. The number of alkyl halides is 3. The van der Waals surface area contributed by atoms with Gasteiger partial charge in [-0.15, -0.1) is 35.3 Å². The Labute approximate surface area is 176 Å². The second-order valence-corrected chi connectivity index (χ2v) is 6.52. The van der Waals surface area contributed by atoms with Crippen molar-refractivity contribution in [1.82, 2.24) is 15.6 Å². The van der Waals surface area contributed by atoms with E-state index in [4.69, 9.17) is 0 Å². The molecule has 27 heavy (non-hydrogen) atoms. The maximum Gasteiger partial charge on any atom is 0.434 e. The van der Waals surface area contributed by atoms with Gasteiger partial charge in [0.25, 0.3) is 0 Å². The summed E-state index contributed by atoms with van der Waals surface area (Å²) < 4.78 is 50.9. The Kier molecular flexibility index (Phi) is 9.43. The van der Waals surface area contributed by atoms with Crippen molar-refractivity contribution < 1.29 is 17.6 Å². The smallest absolute Gasteiger partial charge is 0.357 e. The average molecular weight is 516 g/mol. The SMILES string of the molecule is CCNC(=NCc1ccc(F)c(C)c1)NCCc1nc(C(F)(F)F)cs1.I. The Morgan fingerprint density at radius 2 is 2.00 bits per heavy atom. The molecule has 0 spiro atoms. The molecule has 1 heterocycles. The molecule has 2 N–H and O–H groups in total. The molecular weight excluding hydrogens is 495 g/mol. The van der Waals surface area contributed by atoms with E-state index in [0.717, 1.165) is 22.3 Å². The third-order valence-corrected chi connectivity index (χ3v) is 4.37. The lowest BCUT2D eigenvalue weighted by Crippen LogP contribution is -2.38. The summed E-state index contributed by atoms with van der Waals surface area (Å²) in [5, 5.41) is 7.56. The molecule has 2 rings (SSSR count). The first-order chi connectivity index (χ1) is 12.3. The zero-order chi connectivity index (χ0) is 19.2. The van der Waals surface area contributed by atoms with E-state index in [1.165, 1.54) is 6.07 Å². The van der Waals surface area contributed by atoms with Gasteiger partial charge in [0.15, 0.2) is 11.7 Å². The minimum atomic E-state index is -4.41. The van der Waals surface area contributed by atoms with Crippen LogP contribution < -0.4 is 10.6 Å². The largest absolute Gasteiger partial charge is 0.434 e. The highest BCUT2D eigenvalue weighted by atomic mass is 127. The van der Waals surface area contributed by atoms with Gasteiger partial charge in [-0.25, -0.2) is 14.4 Å². The van der Waals surface area contributed by atoms with Crippen LogP contribution in [0.1, 0.15) is 28.8 Å². The number of hydrogen-bond acceptors (Lipinski definition) is 3. The van der Waals surface area contributed by atoms with Gasteiger partial charge >= 0.3 is 6.18 Å². The van der Waals surface area contributed by atoms with Crippen molar-refractivity contribution >= 4 is 41.3 Å². The van der Waals surface area contributed by atoms with Crippen molar-refractivity contribution in [3.63, 3.8) is 0 Å². The van der Waals surface area contributed by atoms with Crippen molar-refractivity contribution in [1.29, 1.82) is 0 Å². The van der Waals surface area contributed by atoms with E-state index in [9.17, 15) is 17.6 Å². The van der Waals surface area contributed by atoms with Gasteiger partial charge in [-0.2, -0.15) is 13.2 Å². The molecule has 0 radical (unpaired) electrons. The molecule has 0 saturated carbocycles. The number of aromatic nitrogens is 1. The van der Waals surface area contributed by atoms with E-state index in [1.807, 2.05) is 6.92 Å². The van der Waals surface area contributed by atoms with Crippen LogP contribution in [0.3, 0.4) is 0 Å². The molecule has 0 amide bonds. The van der Waals surface area contributed by atoms with Crippen LogP contribution in [0.2, 0.25) is 0 Å². The van der Waals surface area contributed by atoms with Gasteiger partial charge in [0.1, 0.15) is 5.82 Å². The zero-order valence-corrected chi connectivity index (χ0v) is 18.0. The zero-order valence-electron chi connectivity index (χ0n) is 14.9. The third kappa shape index (κ3) is 7.60. The van der Waals surface area contributed by atoms with E-state index in [1.54, 1.807) is 19.1 Å². The first-order valence-electron chi connectivity index (χ1n) is 8.08. The number of nitrogens with one attached hydrogen (secondary N) is 2. The van der Waals surface area contributed by atoms with Crippen LogP contribution >= 0.6 is 35.3 Å². The Bertz CT molecular complexity index is 762. The summed E-state index contributed by atoms with van der Waals surface area (Å²) in [4.78, 5) is 8.00. The van der Waals surface area contributed by atoms with Gasteiger partial charge < -0.3 is 10.6 Å². The van der Waals surface area contributed by atoms with E-state index < -0.39 is 11.9 Å². The van der Waals surface area contributed by atoms with Crippen molar-refractivity contribution in [2.45, 2.75) is 33.0 Å². The van der Waals surface area contributed by atoms with Gasteiger partial charge in [-0.05, 0) is 31.0 Å². The fourth-order valence-electron chi connectivity index (χ4n) is 2.16. The minimum Gasteiger partial charge on any atom is -0.357 e.